The van der Waals surface area contributed by atoms with Gasteiger partial charge in [0.1, 0.15) is 0 Å². The Bertz CT molecular complexity index is 542. The highest BCUT2D eigenvalue weighted by atomic mass is 16.7. The van der Waals surface area contributed by atoms with Crippen molar-refractivity contribution in [2.75, 3.05) is 6.79 Å². The zero-order valence-electron chi connectivity index (χ0n) is 12.4. The number of hydrogen-bond donors (Lipinski definition) is 2. The van der Waals surface area contributed by atoms with E-state index in [1.807, 2.05) is 25.1 Å². The molecule has 0 saturated heterocycles. The fourth-order valence-electron chi connectivity index (χ4n) is 3.22. The minimum absolute atomic E-state index is 0.0382. The highest BCUT2D eigenvalue weighted by Crippen LogP contribution is 2.35. The van der Waals surface area contributed by atoms with Crippen molar-refractivity contribution >= 4 is 5.91 Å². The summed E-state index contributed by atoms with van der Waals surface area (Å²) in [6.07, 6.45) is 3.95. The molecule has 2 unspecified atom stereocenters. The van der Waals surface area contributed by atoms with Crippen molar-refractivity contribution < 1.29 is 14.3 Å². The lowest BCUT2D eigenvalue weighted by Crippen LogP contribution is -2.52. The normalized spacial score (nSPS) is 27.4. The Morgan fingerprint density at radius 2 is 2.29 bits per heavy atom. The van der Waals surface area contributed by atoms with Crippen LogP contribution >= 0.6 is 0 Å². The molecule has 0 radical (unpaired) electrons. The number of amides is 1. The number of hydrogen-bond acceptors (Lipinski definition) is 4. The van der Waals surface area contributed by atoms with E-state index < -0.39 is 5.54 Å². The molecule has 21 heavy (non-hydrogen) atoms. The van der Waals surface area contributed by atoms with Crippen LogP contribution in [0.4, 0.5) is 0 Å². The van der Waals surface area contributed by atoms with Gasteiger partial charge < -0.3 is 20.5 Å². The summed E-state index contributed by atoms with van der Waals surface area (Å²) in [5.74, 6) is 1.40. The molecule has 0 aromatic heterocycles. The molecule has 1 aliphatic heterocycles. The van der Waals surface area contributed by atoms with E-state index in [9.17, 15) is 4.79 Å². The third-order valence-corrected chi connectivity index (χ3v) is 4.50. The topological polar surface area (TPSA) is 73.6 Å². The second-order valence-electron chi connectivity index (χ2n) is 6.17. The van der Waals surface area contributed by atoms with Crippen molar-refractivity contribution in [2.45, 2.75) is 44.7 Å². The van der Waals surface area contributed by atoms with Crippen LogP contribution in [0.25, 0.3) is 0 Å². The number of nitrogens with one attached hydrogen (secondary N) is 1. The summed E-state index contributed by atoms with van der Waals surface area (Å²) in [4.78, 5) is 12.4. The third kappa shape index (κ3) is 2.83. The summed E-state index contributed by atoms with van der Waals surface area (Å²) in [5, 5.41) is 3.00. The van der Waals surface area contributed by atoms with Gasteiger partial charge in [-0.05, 0) is 25.8 Å². The number of para-hydroxylation sites is 1. The zero-order valence-corrected chi connectivity index (χ0v) is 12.4. The van der Waals surface area contributed by atoms with Crippen molar-refractivity contribution in [1.29, 1.82) is 0 Å². The molecule has 1 heterocycles. The van der Waals surface area contributed by atoms with Crippen LogP contribution in [-0.2, 0) is 11.3 Å². The lowest BCUT2D eigenvalue weighted by Gasteiger charge is -2.37. The number of carbonyl (C=O) groups is 1. The number of benzene rings is 1. The zero-order chi connectivity index (χ0) is 14.9. The number of nitrogens with two attached hydrogens (primary N) is 1. The first-order valence-electron chi connectivity index (χ1n) is 7.52. The second-order valence-corrected chi connectivity index (χ2v) is 6.17. The first-order valence-corrected chi connectivity index (χ1v) is 7.52. The van der Waals surface area contributed by atoms with Gasteiger partial charge in [-0.1, -0.05) is 25.0 Å². The number of ether oxygens (including phenoxy) is 2. The van der Waals surface area contributed by atoms with Crippen molar-refractivity contribution in [3.63, 3.8) is 0 Å². The molecule has 5 nitrogen and oxygen atoms in total. The van der Waals surface area contributed by atoms with Crippen molar-refractivity contribution in [2.24, 2.45) is 11.7 Å². The summed E-state index contributed by atoms with van der Waals surface area (Å²) in [6, 6.07) is 5.71. The Hall–Kier alpha value is -1.75. The highest BCUT2D eigenvalue weighted by Gasteiger charge is 2.37. The van der Waals surface area contributed by atoms with Gasteiger partial charge in [0.05, 0.1) is 5.92 Å². The first-order chi connectivity index (χ1) is 10.1. The van der Waals surface area contributed by atoms with E-state index in [1.165, 1.54) is 0 Å². The Morgan fingerprint density at radius 3 is 3.10 bits per heavy atom. The summed E-state index contributed by atoms with van der Waals surface area (Å²) >= 11 is 0. The lowest BCUT2D eigenvalue weighted by molar-refractivity contribution is -0.128. The molecule has 1 saturated carbocycles. The van der Waals surface area contributed by atoms with Crippen LogP contribution in [0.2, 0.25) is 0 Å². The predicted octanol–water partition coefficient (Wildman–Crippen LogP) is 1.94. The van der Waals surface area contributed by atoms with Crippen LogP contribution in [0.3, 0.4) is 0 Å². The van der Waals surface area contributed by atoms with Crippen molar-refractivity contribution in [3.8, 4) is 11.5 Å². The van der Waals surface area contributed by atoms with E-state index in [1.54, 1.807) is 0 Å². The van der Waals surface area contributed by atoms with Gasteiger partial charge in [-0.2, -0.15) is 0 Å². The molecule has 1 fully saturated rings. The van der Waals surface area contributed by atoms with Crippen LogP contribution in [0.5, 0.6) is 11.5 Å². The average molecular weight is 290 g/mol. The maximum Gasteiger partial charge on any atom is 0.231 e. The second kappa shape index (κ2) is 5.56. The standard InChI is InChI=1S/C16H22N2O3/c1-16(17)8-3-2-6-12(16)15(19)18-9-11-5-4-7-13-14(11)21-10-20-13/h4-5,7,12H,2-3,6,8-10,17H2,1H3,(H,18,19). The molecule has 1 aliphatic carbocycles. The Balaban J connectivity index is 1.65. The monoisotopic (exact) mass is 290 g/mol. The average Bonchev–Trinajstić information content (AvgIpc) is 2.93. The molecule has 1 amide bonds. The first kappa shape index (κ1) is 14.2. The van der Waals surface area contributed by atoms with Crippen molar-refractivity contribution in [1.82, 2.24) is 5.32 Å². The minimum Gasteiger partial charge on any atom is -0.454 e. The van der Waals surface area contributed by atoms with Gasteiger partial charge in [-0.25, -0.2) is 0 Å². The van der Waals surface area contributed by atoms with Gasteiger partial charge in [0.2, 0.25) is 12.7 Å². The third-order valence-electron chi connectivity index (χ3n) is 4.50. The highest BCUT2D eigenvalue weighted by molar-refractivity contribution is 5.80. The molecule has 1 aromatic carbocycles. The van der Waals surface area contributed by atoms with Crippen LogP contribution < -0.4 is 20.5 Å². The van der Waals surface area contributed by atoms with Crippen LogP contribution in [0.15, 0.2) is 18.2 Å². The summed E-state index contributed by atoms with van der Waals surface area (Å²) < 4.78 is 10.8. The number of fused-ring (bicyclic) bond motifs is 1. The lowest BCUT2D eigenvalue weighted by atomic mass is 9.74. The molecular weight excluding hydrogens is 268 g/mol. The van der Waals surface area contributed by atoms with Gasteiger partial charge in [-0.3, -0.25) is 4.79 Å². The van der Waals surface area contributed by atoms with E-state index in [0.29, 0.717) is 6.54 Å². The molecule has 3 rings (SSSR count). The minimum atomic E-state index is -0.402. The van der Waals surface area contributed by atoms with E-state index in [2.05, 4.69) is 5.32 Å². The molecule has 114 valence electrons. The van der Waals surface area contributed by atoms with Gasteiger partial charge in [-0.15, -0.1) is 0 Å². The van der Waals surface area contributed by atoms with E-state index in [0.717, 1.165) is 42.7 Å². The van der Waals surface area contributed by atoms with Gasteiger partial charge >= 0.3 is 0 Å². The molecular formula is C16H22N2O3. The molecule has 5 heteroatoms. The van der Waals surface area contributed by atoms with Crippen molar-refractivity contribution in [3.05, 3.63) is 23.8 Å². The van der Waals surface area contributed by atoms with E-state index >= 15 is 0 Å². The summed E-state index contributed by atoms with van der Waals surface area (Å²) in [6.45, 7) is 2.66. The maximum atomic E-state index is 12.4. The number of rotatable bonds is 3. The fraction of sp³-hybridized carbons (Fsp3) is 0.562. The SMILES string of the molecule is CC1(N)CCCCC1C(=O)NCc1cccc2c1OCO2. The fourth-order valence-corrected chi connectivity index (χ4v) is 3.22. The Labute approximate surface area is 124 Å². The largest absolute Gasteiger partial charge is 0.454 e. The maximum absolute atomic E-state index is 12.4. The molecule has 1 aromatic rings. The van der Waals surface area contributed by atoms with E-state index in [4.69, 9.17) is 15.2 Å². The number of carbonyl (C=O) groups excluding carboxylic acids is 1. The van der Waals surface area contributed by atoms with Crippen LogP contribution in [0, 0.1) is 5.92 Å². The van der Waals surface area contributed by atoms with E-state index in [-0.39, 0.29) is 18.6 Å². The van der Waals surface area contributed by atoms with Gasteiger partial charge in [0, 0.05) is 17.6 Å². The molecule has 2 aliphatic rings. The molecule has 2 atom stereocenters. The Morgan fingerprint density at radius 1 is 1.43 bits per heavy atom. The van der Waals surface area contributed by atoms with Crippen LogP contribution in [0.1, 0.15) is 38.2 Å². The predicted molar refractivity (Wildman–Crippen MR) is 79.0 cm³/mol. The molecule has 3 N–H and O–H groups in total. The van der Waals surface area contributed by atoms with Gasteiger partial charge in [0.15, 0.2) is 11.5 Å². The quantitative estimate of drug-likeness (QED) is 0.892. The summed E-state index contributed by atoms with van der Waals surface area (Å²) in [5.41, 5.74) is 6.81. The van der Waals surface area contributed by atoms with Gasteiger partial charge in [0.25, 0.3) is 0 Å². The Kier molecular flexibility index (Phi) is 3.76. The molecule has 0 spiro atoms. The molecule has 0 bridgehead atoms. The summed E-state index contributed by atoms with van der Waals surface area (Å²) in [7, 11) is 0. The van der Waals surface area contributed by atoms with Crippen LogP contribution in [-0.4, -0.2) is 18.2 Å². The smallest absolute Gasteiger partial charge is 0.231 e.